The number of anilines is 1. The lowest BCUT2D eigenvalue weighted by molar-refractivity contribution is -0.130. The van der Waals surface area contributed by atoms with Crippen molar-refractivity contribution in [3.63, 3.8) is 0 Å². The van der Waals surface area contributed by atoms with Gasteiger partial charge >= 0.3 is 0 Å². The van der Waals surface area contributed by atoms with E-state index in [1.165, 1.54) is 6.92 Å². The Bertz CT molecular complexity index is 505. The molecule has 0 bridgehead atoms. The molecule has 0 radical (unpaired) electrons. The molecule has 21 heavy (non-hydrogen) atoms. The summed E-state index contributed by atoms with van der Waals surface area (Å²) in [5, 5.41) is 5.70. The first-order valence-electron chi connectivity index (χ1n) is 7.41. The van der Waals surface area contributed by atoms with Crippen molar-refractivity contribution < 1.29 is 9.59 Å². The maximum Gasteiger partial charge on any atom is 0.227 e. The Morgan fingerprint density at radius 2 is 1.81 bits per heavy atom. The summed E-state index contributed by atoms with van der Waals surface area (Å²) in [5.41, 5.74) is 7.20. The molecule has 0 unspecified atom stereocenters. The highest BCUT2D eigenvalue weighted by Crippen LogP contribution is 2.37. The first-order chi connectivity index (χ1) is 10.1. The Balaban J connectivity index is 1.90. The Kier molecular flexibility index (Phi) is 4.96. The van der Waals surface area contributed by atoms with E-state index in [-0.39, 0.29) is 17.2 Å². The van der Waals surface area contributed by atoms with Gasteiger partial charge in [0.1, 0.15) is 0 Å². The highest BCUT2D eigenvalue weighted by atomic mass is 16.2. The van der Waals surface area contributed by atoms with Crippen molar-refractivity contribution in [1.82, 2.24) is 5.32 Å². The summed E-state index contributed by atoms with van der Waals surface area (Å²) in [5.74, 6) is -0.0318. The van der Waals surface area contributed by atoms with Crippen LogP contribution in [0.25, 0.3) is 0 Å². The minimum absolute atomic E-state index is 0.0634. The number of benzene rings is 1. The Morgan fingerprint density at radius 3 is 2.33 bits per heavy atom. The average Bonchev–Trinajstić information content (AvgIpc) is 2.96. The zero-order chi connectivity index (χ0) is 15.3. The van der Waals surface area contributed by atoms with Gasteiger partial charge in [-0.1, -0.05) is 25.0 Å². The van der Waals surface area contributed by atoms with E-state index in [1.807, 2.05) is 24.3 Å². The molecule has 114 valence electrons. The third-order valence-electron chi connectivity index (χ3n) is 4.16. The van der Waals surface area contributed by atoms with E-state index in [0.717, 1.165) is 36.9 Å². The molecule has 0 heterocycles. The second-order valence-electron chi connectivity index (χ2n) is 5.75. The third-order valence-corrected chi connectivity index (χ3v) is 4.16. The van der Waals surface area contributed by atoms with Gasteiger partial charge in [0.15, 0.2) is 0 Å². The van der Waals surface area contributed by atoms with Crippen LogP contribution in [0.15, 0.2) is 24.3 Å². The van der Waals surface area contributed by atoms with E-state index in [9.17, 15) is 9.59 Å². The van der Waals surface area contributed by atoms with Crippen LogP contribution in [-0.4, -0.2) is 18.4 Å². The van der Waals surface area contributed by atoms with E-state index < -0.39 is 0 Å². The molecule has 1 aromatic rings. The van der Waals surface area contributed by atoms with Crippen molar-refractivity contribution in [2.45, 2.75) is 39.2 Å². The number of hydrogen-bond acceptors (Lipinski definition) is 3. The van der Waals surface area contributed by atoms with Crippen LogP contribution in [0.2, 0.25) is 0 Å². The Morgan fingerprint density at radius 1 is 1.19 bits per heavy atom. The van der Waals surface area contributed by atoms with Crippen LogP contribution in [-0.2, 0) is 16.1 Å². The Labute approximate surface area is 125 Å². The van der Waals surface area contributed by atoms with E-state index in [4.69, 9.17) is 5.73 Å². The molecule has 1 aromatic carbocycles. The van der Waals surface area contributed by atoms with Crippen molar-refractivity contribution in [3.8, 4) is 0 Å². The zero-order valence-corrected chi connectivity index (χ0v) is 12.4. The molecule has 1 saturated carbocycles. The summed E-state index contributed by atoms with van der Waals surface area (Å²) < 4.78 is 0. The topological polar surface area (TPSA) is 84.2 Å². The van der Waals surface area contributed by atoms with E-state index in [2.05, 4.69) is 10.6 Å². The largest absolute Gasteiger partial charge is 0.352 e. The average molecular weight is 289 g/mol. The number of amides is 2. The van der Waals surface area contributed by atoms with Gasteiger partial charge in [-0.3, -0.25) is 9.59 Å². The van der Waals surface area contributed by atoms with Gasteiger partial charge in [0, 0.05) is 25.7 Å². The first-order valence-corrected chi connectivity index (χ1v) is 7.41. The molecule has 4 N–H and O–H groups in total. The summed E-state index contributed by atoms with van der Waals surface area (Å²) in [7, 11) is 0. The van der Waals surface area contributed by atoms with Gasteiger partial charge in [0.2, 0.25) is 11.8 Å². The smallest absolute Gasteiger partial charge is 0.227 e. The molecule has 0 spiro atoms. The minimum Gasteiger partial charge on any atom is -0.352 e. The Hall–Kier alpha value is -1.88. The fraction of sp³-hybridized carbons (Fsp3) is 0.500. The van der Waals surface area contributed by atoms with Gasteiger partial charge in [-0.2, -0.15) is 0 Å². The van der Waals surface area contributed by atoms with E-state index in [0.29, 0.717) is 13.1 Å². The monoisotopic (exact) mass is 289 g/mol. The van der Waals surface area contributed by atoms with Gasteiger partial charge in [-0.25, -0.2) is 0 Å². The van der Waals surface area contributed by atoms with Crippen LogP contribution in [0.1, 0.15) is 38.2 Å². The predicted octanol–water partition coefficient (Wildman–Crippen LogP) is 1.78. The zero-order valence-electron chi connectivity index (χ0n) is 12.4. The van der Waals surface area contributed by atoms with Gasteiger partial charge < -0.3 is 16.4 Å². The number of nitrogens with two attached hydrogens (primary N) is 1. The molecular formula is C16H23N3O2. The molecule has 0 aliphatic heterocycles. The molecule has 5 heteroatoms. The van der Waals surface area contributed by atoms with Crippen LogP contribution in [0.4, 0.5) is 5.69 Å². The van der Waals surface area contributed by atoms with Crippen molar-refractivity contribution in [2.24, 2.45) is 11.1 Å². The fourth-order valence-corrected chi connectivity index (χ4v) is 2.85. The van der Waals surface area contributed by atoms with E-state index in [1.54, 1.807) is 0 Å². The number of carbonyl (C=O) groups excluding carboxylic acids is 2. The molecule has 1 aliphatic carbocycles. The lowest BCUT2D eigenvalue weighted by atomic mass is 9.85. The van der Waals surface area contributed by atoms with Gasteiger partial charge in [0.05, 0.1) is 5.41 Å². The maximum absolute atomic E-state index is 12.3. The van der Waals surface area contributed by atoms with E-state index >= 15 is 0 Å². The summed E-state index contributed by atoms with van der Waals surface area (Å²) >= 11 is 0. The lowest BCUT2D eigenvalue weighted by Crippen LogP contribution is -2.43. The number of nitrogens with one attached hydrogen (secondary N) is 2. The first kappa shape index (κ1) is 15.5. The van der Waals surface area contributed by atoms with Crippen molar-refractivity contribution in [3.05, 3.63) is 29.8 Å². The minimum atomic E-state index is -0.365. The third kappa shape index (κ3) is 3.82. The molecule has 0 aromatic heterocycles. The van der Waals surface area contributed by atoms with Crippen LogP contribution in [0.5, 0.6) is 0 Å². The number of carbonyl (C=O) groups is 2. The van der Waals surface area contributed by atoms with Crippen molar-refractivity contribution in [2.75, 3.05) is 11.9 Å². The second-order valence-corrected chi connectivity index (χ2v) is 5.75. The van der Waals surface area contributed by atoms with Gasteiger partial charge in [-0.05, 0) is 30.5 Å². The van der Waals surface area contributed by atoms with Gasteiger partial charge in [0.25, 0.3) is 0 Å². The number of hydrogen-bond donors (Lipinski definition) is 3. The highest BCUT2D eigenvalue weighted by molar-refractivity contribution is 5.88. The molecule has 0 atom stereocenters. The van der Waals surface area contributed by atoms with Gasteiger partial charge in [-0.15, -0.1) is 0 Å². The summed E-state index contributed by atoms with van der Waals surface area (Å²) in [6, 6.07) is 7.46. The van der Waals surface area contributed by atoms with Crippen LogP contribution in [0.3, 0.4) is 0 Å². The summed E-state index contributed by atoms with van der Waals surface area (Å²) in [4.78, 5) is 23.3. The standard InChI is InChI=1S/C16H23N3O2/c1-12(20)19-14-6-4-13(5-7-14)10-18-15(21)16(11-17)8-2-3-9-16/h4-7H,2-3,8-11,17H2,1H3,(H,18,21)(H,19,20). The quantitative estimate of drug-likeness (QED) is 0.772. The number of rotatable bonds is 5. The molecule has 1 aliphatic rings. The fourth-order valence-electron chi connectivity index (χ4n) is 2.85. The highest BCUT2D eigenvalue weighted by Gasteiger charge is 2.39. The molecule has 0 saturated heterocycles. The normalized spacial score (nSPS) is 16.5. The van der Waals surface area contributed by atoms with Crippen molar-refractivity contribution >= 4 is 17.5 Å². The molecular weight excluding hydrogens is 266 g/mol. The lowest BCUT2D eigenvalue weighted by Gasteiger charge is -2.25. The van der Waals surface area contributed by atoms with Crippen molar-refractivity contribution in [1.29, 1.82) is 0 Å². The second kappa shape index (κ2) is 6.72. The molecule has 1 fully saturated rings. The van der Waals surface area contributed by atoms with Crippen LogP contribution < -0.4 is 16.4 Å². The SMILES string of the molecule is CC(=O)Nc1ccc(CNC(=O)C2(CN)CCCC2)cc1. The van der Waals surface area contributed by atoms with Crippen LogP contribution >= 0.6 is 0 Å². The molecule has 5 nitrogen and oxygen atoms in total. The maximum atomic E-state index is 12.3. The molecule has 2 rings (SSSR count). The van der Waals surface area contributed by atoms with Crippen LogP contribution in [0, 0.1) is 5.41 Å². The summed E-state index contributed by atoms with van der Waals surface area (Å²) in [6.07, 6.45) is 3.93. The molecule has 2 amide bonds. The predicted molar refractivity (Wildman–Crippen MR) is 82.5 cm³/mol. The summed E-state index contributed by atoms with van der Waals surface area (Å²) in [6.45, 7) is 2.38.